The SMILES string of the molecule is CC1=NN(CCCC(=O)O)C(=O)/C1=N\Nc1sc2ccc(-c3ccccc3)cc2c1O. The van der Waals surface area contributed by atoms with Gasteiger partial charge in [-0.1, -0.05) is 36.4 Å². The number of hydrogen-bond acceptors (Lipinski definition) is 7. The fraction of sp³-hybridized carbons (Fsp3) is 0.182. The van der Waals surface area contributed by atoms with E-state index in [1.165, 1.54) is 16.3 Å². The number of carboxylic acids is 1. The second kappa shape index (κ2) is 8.57. The number of aliphatic carboxylic acids is 1. The first-order chi connectivity index (χ1) is 14.9. The first kappa shape index (κ1) is 20.5. The van der Waals surface area contributed by atoms with Gasteiger partial charge in [-0.05, 0) is 36.6 Å². The van der Waals surface area contributed by atoms with Crippen LogP contribution in [0.25, 0.3) is 21.2 Å². The molecule has 3 aromatic rings. The average molecular weight is 436 g/mol. The van der Waals surface area contributed by atoms with Crippen molar-refractivity contribution in [2.24, 2.45) is 10.2 Å². The summed E-state index contributed by atoms with van der Waals surface area (Å²) in [4.78, 5) is 23.2. The molecule has 2 heterocycles. The number of hydrazone groups is 2. The molecule has 4 rings (SSSR count). The van der Waals surface area contributed by atoms with Gasteiger partial charge in [-0.3, -0.25) is 15.0 Å². The van der Waals surface area contributed by atoms with Crippen LogP contribution in [0.1, 0.15) is 19.8 Å². The second-order valence-electron chi connectivity index (χ2n) is 7.04. The zero-order valence-corrected chi connectivity index (χ0v) is 17.5. The molecular formula is C22H20N4O4S. The number of rotatable bonds is 7. The summed E-state index contributed by atoms with van der Waals surface area (Å²) in [5.41, 5.74) is 5.40. The van der Waals surface area contributed by atoms with Crippen LogP contribution in [0.4, 0.5) is 5.00 Å². The number of amides is 1. The molecular weight excluding hydrogens is 416 g/mol. The number of thiophene rings is 1. The van der Waals surface area contributed by atoms with Crippen LogP contribution in [0.5, 0.6) is 5.75 Å². The summed E-state index contributed by atoms with van der Waals surface area (Å²) in [7, 11) is 0. The highest BCUT2D eigenvalue weighted by atomic mass is 32.1. The monoisotopic (exact) mass is 436 g/mol. The molecule has 0 fully saturated rings. The molecule has 8 nitrogen and oxygen atoms in total. The van der Waals surface area contributed by atoms with Crippen molar-refractivity contribution in [1.82, 2.24) is 5.01 Å². The zero-order chi connectivity index (χ0) is 22.0. The fourth-order valence-electron chi connectivity index (χ4n) is 3.29. The maximum Gasteiger partial charge on any atom is 0.303 e. The Morgan fingerprint density at radius 3 is 2.71 bits per heavy atom. The summed E-state index contributed by atoms with van der Waals surface area (Å²) >= 11 is 1.33. The molecule has 1 aliphatic heterocycles. The number of fused-ring (bicyclic) bond motifs is 1. The number of carbonyl (C=O) groups excluding carboxylic acids is 1. The maximum absolute atomic E-state index is 12.5. The molecule has 1 amide bonds. The standard InChI is InChI=1S/C22H20N4O4S/c1-13-19(22(30)26(25-13)11-5-8-18(27)28)23-24-21-20(29)16-12-15(9-10-17(16)31-21)14-6-3-2-4-7-14/h2-4,6-7,9-10,12,24,29H,5,8,11H2,1H3,(H,27,28)/b23-19-. The summed E-state index contributed by atoms with van der Waals surface area (Å²) in [6, 6.07) is 15.7. The quantitative estimate of drug-likeness (QED) is 0.482. The normalized spacial score (nSPS) is 15.0. The molecule has 0 atom stereocenters. The van der Waals surface area contributed by atoms with Crippen molar-refractivity contribution in [3.05, 3.63) is 48.5 Å². The van der Waals surface area contributed by atoms with Gasteiger partial charge >= 0.3 is 5.97 Å². The van der Waals surface area contributed by atoms with Crippen LogP contribution in [0.2, 0.25) is 0 Å². The average Bonchev–Trinajstić information content (AvgIpc) is 3.22. The topological polar surface area (TPSA) is 115 Å². The van der Waals surface area contributed by atoms with E-state index in [4.69, 9.17) is 5.11 Å². The van der Waals surface area contributed by atoms with Crippen molar-refractivity contribution in [2.45, 2.75) is 19.8 Å². The first-order valence-corrected chi connectivity index (χ1v) is 10.5. The molecule has 0 saturated heterocycles. The Morgan fingerprint density at radius 1 is 1.19 bits per heavy atom. The maximum atomic E-state index is 12.5. The largest absolute Gasteiger partial charge is 0.504 e. The smallest absolute Gasteiger partial charge is 0.303 e. The van der Waals surface area contributed by atoms with Crippen molar-refractivity contribution in [3.8, 4) is 16.9 Å². The Labute approximate surface area is 182 Å². The van der Waals surface area contributed by atoms with E-state index in [1.54, 1.807) is 6.92 Å². The molecule has 3 N–H and O–H groups in total. The zero-order valence-electron chi connectivity index (χ0n) is 16.7. The van der Waals surface area contributed by atoms with Crippen molar-refractivity contribution >= 4 is 49.7 Å². The van der Waals surface area contributed by atoms with Gasteiger partial charge in [-0.25, -0.2) is 5.01 Å². The Hall–Kier alpha value is -3.72. The second-order valence-corrected chi connectivity index (χ2v) is 8.09. The van der Waals surface area contributed by atoms with E-state index in [1.807, 2.05) is 48.5 Å². The summed E-state index contributed by atoms with van der Waals surface area (Å²) < 4.78 is 0.887. The molecule has 0 radical (unpaired) electrons. The van der Waals surface area contributed by atoms with Crippen LogP contribution in [0.15, 0.2) is 58.7 Å². The highest BCUT2D eigenvalue weighted by Gasteiger charge is 2.29. The van der Waals surface area contributed by atoms with Gasteiger partial charge in [0, 0.05) is 23.1 Å². The minimum Gasteiger partial charge on any atom is -0.504 e. The van der Waals surface area contributed by atoms with E-state index in [2.05, 4.69) is 15.6 Å². The van der Waals surface area contributed by atoms with E-state index >= 15 is 0 Å². The lowest BCUT2D eigenvalue weighted by Crippen LogP contribution is -2.29. The Kier molecular flexibility index (Phi) is 5.68. The third kappa shape index (κ3) is 4.26. The summed E-state index contributed by atoms with van der Waals surface area (Å²) in [5, 5.41) is 30.1. The van der Waals surface area contributed by atoms with E-state index in [-0.39, 0.29) is 24.4 Å². The molecule has 0 aliphatic carbocycles. The van der Waals surface area contributed by atoms with Crippen LogP contribution >= 0.6 is 11.3 Å². The number of aromatic hydroxyl groups is 1. The molecule has 1 aromatic heterocycles. The van der Waals surface area contributed by atoms with E-state index in [9.17, 15) is 14.7 Å². The number of nitrogens with one attached hydrogen (secondary N) is 1. The van der Waals surface area contributed by atoms with Gasteiger partial charge in [0.15, 0.2) is 16.5 Å². The third-order valence-electron chi connectivity index (χ3n) is 4.85. The minimum absolute atomic E-state index is 0.0380. The van der Waals surface area contributed by atoms with Crippen molar-refractivity contribution in [3.63, 3.8) is 0 Å². The van der Waals surface area contributed by atoms with Gasteiger partial charge in [0.25, 0.3) is 5.91 Å². The fourth-order valence-corrected chi connectivity index (χ4v) is 4.21. The molecule has 0 spiro atoms. The molecule has 158 valence electrons. The number of anilines is 1. The van der Waals surface area contributed by atoms with Crippen molar-refractivity contribution < 1.29 is 19.8 Å². The predicted molar refractivity (Wildman–Crippen MR) is 122 cm³/mol. The van der Waals surface area contributed by atoms with Crippen LogP contribution in [-0.2, 0) is 9.59 Å². The van der Waals surface area contributed by atoms with Gasteiger partial charge in [0.05, 0.1) is 5.71 Å². The number of hydrogen-bond donors (Lipinski definition) is 3. The highest BCUT2D eigenvalue weighted by molar-refractivity contribution is 7.23. The van der Waals surface area contributed by atoms with Crippen LogP contribution in [0, 0.1) is 0 Å². The summed E-state index contributed by atoms with van der Waals surface area (Å²) in [5.74, 6) is -1.25. The number of nitrogens with zero attached hydrogens (tertiary/aromatic N) is 3. The van der Waals surface area contributed by atoms with Crippen molar-refractivity contribution in [1.29, 1.82) is 0 Å². The van der Waals surface area contributed by atoms with Crippen molar-refractivity contribution in [2.75, 3.05) is 12.0 Å². The van der Waals surface area contributed by atoms with Gasteiger partial charge in [0.2, 0.25) is 0 Å². The van der Waals surface area contributed by atoms with Crippen LogP contribution in [-0.4, -0.2) is 45.1 Å². The molecule has 0 saturated carbocycles. The Morgan fingerprint density at radius 2 is 1.97 bits per heavy atom. The van der Waals surface area contributed by atoms with Crippen LogP contribution in [0.3, 0.4) is 0 Å². The summed E-state index contributed by atoms with van der Waals surface area (Å²) in [6.07, 6.45) is 0.267. The van der Waals surface area contributed by atoms with Gasteiger partial charge in [0.1, 0.15) is 0 Å². The summed E-state index contributed by atoms with van der Waals surface area (Å²) in [6.45, 7) is 1.87. The van der Waals surface area contributed by atoms with Gasteiger partial charge < -0.3 is 10.2 Å². The number of carbonyl (C=O) groups is 2. The molecule has 2 aromatic carbocycles. The number of benzene rings is 2. The first-order valence-electron chi connectivity index (χ1n) is 9.68. The molecule has 0 bridgehead atoms. The lowest BCUT2D eigenvalue weighted by atomic mass is 10.0. The van der Waals surface area contributed by atoms with Crippen LogP contribution < -0.4 is 5.43 Å². The Balaban J connectivity index is 1.53. The number of carboxylic acid groups (broad SMARTS) is 1. The molecule has 31 heavy (non-hydrogen) atoms. The lowest BCUT2D eigenvalue weighted by Gasteiger charge is -2.09. The van der Waals surface area contributed by atoms with E-state index in [0.717, 1.165) is 15.8 Å². The van der Waals surface area contributed by atoms with Gasteiger partial charge in [-0.15, -0.1) is 11.3 Å². The van der Waals surface area contributed by atoms with E-state index < -0.39 is 11.9 Å². The van der Waals surface area contributed by atoms with Gasteiger partial charge in [-0.2, -0.15) is 10.2 Å². The minimum atomic E-state index is -0.918. The highest BCUT2D eigenvalue weighted by Crippen LogP contribution is 2.42. The Bertz CT molecular complexity index is 1220. The molecule has 0 unspecified atom stereocenters. The lowest BCUT2D eigenvalue weighted by molar-refractivity contribution is -0.137. The molecule has 9 heteroatoms. The third-order valence-corrected chi connectivity index (χ3v) is 5.91. The molecule has 1 aliphatic rings. The van der Waals surface area contributed by atoms with E-state index in [0.29, 0.717) is 22.5 Å². The predicted octanol–water partition coefficient (Wildman–Crippen LogP) is 4.12.